The minimum absolute atomic E-state index is 0.0551. The quantitative estimate of drug-likeness (QED) is 0.121. The summed E-state index contributed by atoms with van der Waals surface area (Å²) in [5.41, 5.74) is 20.2. The molecule has 0 amide bonds. The first-order valence-corrected chi connectivity index (χ1v) is 26.3. The van der Waals surface area contributed by atoms with E-state index in [4.69, 9.17) is 16.4 Å². The SMILES string of the molecule is [2H]C(C)(C)c1c[n+](C)c(-c2ccccc2C)cc1C.[2H]C([2H])([2H])c1ccc(-c2cc(C)c(C([2H])([2H])C(C)C)c[n+]2C)c(C)c1.[2H]C([2H])([2H])c1ccc(-c2ccc(C([2H])(C)C)c[n+]2C)c(C)c1.[2H]C([2H])(c1c[n+](C)c(-c2ccccc2C)cc1C)C(C)C. The lowest BCUT2D eigenvalue weighted by Gasteiger charge is -2.11. The molecule has 0 radical (unpaired) electrons. The van der Waals surface area contributed by atoms with Crippen LogP contribution in [0, 0.1) is 74.0 Å². The van der Waals surface area contributed by atoms with Crippen molar-refractivity contribution >= 4 is 0 Å². The lowest BCUT2D eigenvalue weighted by Crippen LogP contribution is -2.32. The van der Waals surface area contributed by atoms with Gasteiger partial charge in [-0.15, -0.1) is 0 Å². The van der Waals surface area contributed by atoms with Crippen molar-refractivity contribution in [3.05, 3.63) is 212 Å². The van der Waals surface area contributed by atoms with Crippen molar-refractivity contribution in [3.63, 3.8) is 0 Å². The number of rotatable bonds is 10. The van der Waals surface area contributed by atoms with Crippen molar-refractivity contribution in [3.8, 4) is 45.0 Å². The van der Waals surface area contributed by atoms with Crippen molar-refractivity contribution in [1.29, 1.82) is 0 Å². The summed E-state index contributed by atoms with van der Waals surface area (Å²) >= 11 is 0. The Kier molecular flexibility index (Phi) is 15.6. The minimum atomic E-state index is -2.11. The van der Waals surface area contributed by atoms with E-state index in [1.165, 1.54) is 33.5 Å². The average Bonchev–Trinajstić information content (AvgIpc) is 1.04. The highest BCUT2D eigenvalue weighted by Crippen LogP contribution is 2.28. The zero-order valence-electron chi connectivity index (χ0n) is 60.7. The Morgan fingerprint density at radius 1 is 0.387 bits per heavy atom. The molecule has 394 valence electrons. The Morgan fingerprint density at radius 3 is 1.15 bits per heavy atom. The molecule has 4 aromatic carbocycles. The topological polar surface area (TPSA) is 15.5 Å². The van der Waals surface area contributed by atoms with Gasteiger partial charge in [-0.3, -0.25) is 0 Å². The Morgan fingerprint density at radius 2 is 0.773 bits per heavy atom. The molecule has 0 fully saturated rings. The van der Waals surface area contributed by atoms with E-state index in [1.54, 1.807) is 24.3 Å². The second-order valence-electron chi connectivity index (χ2n) is 21.3. The molecule has 4 aromatic heterocycles. The van der Waals surface area contributed by atoms with Gasteiger partial charge >= 0.3 is 0 Å². The summed E-state index contributed by atoms with van der Waals surface area (Å²) in [7, 11) is 7.88. The molecule has 0 saturated heterocycles. The van der Waals surface area contributed by atoms with Gasteiger partial charge < -0.3 is 0 Å². The largest absolute Gasteiger partial charge is 0.212 e. The van der Waals surface area contributed by atoms with Crippen LogP contribution in [-0.4, -0.2) is 0 Å². The minimum Gasteiger partial charge on any atom is -0.201 e. The average molecular weight is 1020 g/mol. The van der Waals surface area contributed by atoms with Gasteiger partial charge in [0.15, 0.2) is 24.8 Å². The van der Waals surface area contributed by atoms with Crippen LogP contribution < -0.4 is 18.3 Å². The highest BCUT2D eigenvalue weighted by atomic mass is 14.9. The van der Waals surface area contributed by atoms with E-state index in [2.05, 4.69) is 87.1 Å². The van der Waals surface area contributed by atoms with Gasteiger partial charge in [0.2, 0.25) is 22.8 Å². The highest BCUT2D eigenvalue weighted by Gasteiger charge is 2.20. The van der Waals surface area contributed by atoms with E-state index in [1.807, 2.05) is 179 Å². The molecule has 8 aromatic rings. The molecular weight excluding hydrogens is 909 g/mol. The van der Waals surface area contributed by atoms with Crippen LogP contribution in [0.2, 0.25) is 0 Å². The smallest absolute Gasteiger partial charge is 0.201 e. The number of nitrogens with zero attached hydrogens (tertiary/aromatic N) is 4. The summed E-state index contributed by atoms with van der Waals surface area (Å²) in [5, 5.41) is 0. The van der Waals surface area contributed by atoms with Crippen molar-refractivity contribution in [1.82, 2.24) is 0 Å². The second-order valence-corrected chi connectivity index (χ2v) is 21.3. The molecule has 0 aliphatic heterocycles. The molecule has 8 rings (SSSR count). The van der Waals surface area contributed by atoms with Crippen molar-refractivity contribution in [2.24, 2.45) is 40.0 Å². The van der Waals surface area contributed by atoms with Crippen LogP contribution in [0.15, 0.2) is 140 Å². The lowest BCUT2D eigenvalue weighted by atomic mass is 9.97. The van der Waals surface area contributed by atoms with Gasteiger partial charge in [-0.05, 0) is 168 Å². The standard InChI is InChI=1S/C19H26N.C18H24N.2C17H22N/c1-13(2)9-17-12-20(6)19(11-15(17)4)18-8-7-14(3)10-16(18)5;1-13(2)10-16-12-19(5)18(11-15(16)4)17-9-7-6-8-14(17)3;1-12(2)15-7-9-17(18(5)11-15)16-8-6-13(3)10-14(16)4;1-12(2)16-11-18(5)17(10-14(16)4)15-9-7-6-8-13(15)3/h7-8,10-13H,9H2,1-6H3;6-9,11-13H,10H2,1-5H3;2*6-12H,1-5H3/q4*+1/i3D3,9D2;10D2;3D3,12D;12D. The predicted octanol–water partition coefficient (Wildman–Crippen LogP) is 16.1. The molecule has 4 heterocycles. The number of benzene rings is 4. The Balaban J connectivity index is 0.000000212. The molecule has 0 saturated carbocycles. The fourth-order valence-electron chi connectivity index (χ4n) is 9.31. The highest BCUT2D eigenvalue weighted by molar-refractivity contribution is 5.64. The third-order valence-electron chi connectivity index (χ3n) is 13.4. The Labute approximate surface area is 472 Å². The van der Waals surface area contributed by atoms with Gasteiger partial charge in [0.25, 0.3) is 0 Å². The third kappa shape index (κ3) is 16.0. The van der Waals surface area contributed by atoms with Crippen LogP contribution in [0.25, 0.3) is 45.0 Å². The van der Waals surface area contributed by atoms with Crippen LogP contribution in [0.1, 0.15) is 156 Å². The summed E-state index contributed by atoms with van der Waals surface area (Å²) in [4.78, 5) is 0. The number of hydrogen-bond acceptors (Lipinski definition) is 0. The van der Waals surface area contributed by atoms with E-state index in [0.717, 1.165) is 67.2 Å². The van der Waals surface area contributed by atoms with Crippen LogP contribution >= 0.6 is 0 Å². The van der Waals surface area contributed by atoms with Gasteiger partial charge in [0.05, 0.1) is 0 Å². The monoisotopic (exact) mass is 1010 g/mol. The fourth-order valence-corrected chi connectivity index (χ4v) is 9.31. The first kappa shape index (κ1) is 43.7. The van der Waals surface area contributed by atoms with Crippen molar-refractivity contribution in [2.45, 2.75) is 142 Å². The van der Waals surface area contributed by atoms with Gasteiger partial charge in [0, 0.05) is 85.2 Å². The fraction of sp³-hybridized carbons (Fsp3) is 0.380. The predicted molar refractivity (Wildman–Crippen MR) is 320 cm³/mol. The van der Waals surface area contributed by atoms with E-state index in [-0.39, 0.29) is 11.8 Å². The summed E-state index contributed by atoms with van der Waals surface area (Å²) in [6.07, 6.45) is 5.12. The molecule has 4 heteroatoms. The first-order valence-electron chi connectivity index (χ1n) is 32.3. The van der Waals surface area contributed by atoms with E-state index in [0.29, 0.717) is 16.7 Å². The summed E-state index contributed by atoms with van der Waals surface area (Å²) in [6, 6.07) is 37.4. The zero-order valence-corrected chi connectivity index (χ0v) is 48.7. The first-order chi connectivity index (χ1) is 39.9. The Hall–Kier alpha value is -6.52. The van der Waals surface area contributed by atoms with Gasteiger partial charge in [-0.2, -0.15) is 0 Å². The van der Waals surface area contributed by atoms with Gasteiger partial charge in [-0.1, -0.05) is 127 Å². The van der Waals surface area contributed by atoms with Gasteiger partial charge in [-0.25, -0.2) is 18.3 Å². The molecule has 0 N–H and O–H groups in total. The molecule has 0 spiro atoms. The summed E-state index contributed by atoms with van der Waals surface area (Å²) in [5.74, 6) is -1.39. The number of pyridine rings is 4. The van der Waals surface area contributed by atoms with Crippen LogP contribution in [-0.2, 0) is 40.9 Å². The molecule has 4 nitrogen and oxygen atoms in total. The maximum Gasteiger partial charge on any atom is 0.212 e. The molecule has 0 aliphatic rings. The van der Waals surface area contributed by atoms with Crippen LogP contribution in [0.5, 0.6) is 0 Å². The number of aromatic nitrogens is 4. The third-order valence-corrected chi connectivity index (χ3v) is 13.4. The van der Waals surface area contributed by atoms with Gasteiger partial charge in [0.1, 0.15) is 28.2 Å². The summed E-state index contributed by atoms with van der Waals surface area (Å²) < 4.78 is 103. The van der Waals surface area contributed by atoms with Crippen molar-refractivity contribution in [2.75, 3.05) is 0 Å². The molecule has 0 aliphatic carbocycles. The van der Waals surface area contributed by atoms with Crippen LogP contribution in [0.3, 0.4) is 0 Å². The normalized spacial score (nSPS) is 14.4. The van der Waals surface area contributed by atoms with E-state index in [9.17, 15) is 0 Å². The van der Waals surface area contributed by atoms with Crippen LogP contribution in [0.4, 0.5) is 0 Å². The second kappa shape index (κ2) is 26.8. The molecule has 0 atom stereocenters. The lowest BCUT2D eigenvalue weighted by molar-refractivity contribution is -0.661. The van der Waals surface area contributed by atoms with Crippen molar-refractivity contribution < 1.29 is 34.7 Å². The van der Waals surface area contributed by atoms with E-state index >= 15 is 0 Å². The van der Waals surface area contributed by atoms with E-state index < -0.39 is 38.2 Å². The number of hydrogen-bond donors (Lipinski definition) is 0. The zero-order chi connectivity index (χ0) is 65.9. The summed E-state index contributed by atoms with van der Waals surface area (Å²) in [6.45, 7) is 25.1. The Bertz CT molecular complexity index is 3670. The molecule has 75 heavy (non-hydrogen) atoms. The maximum absolute atomic E-state index is 8.36. The maximum atomic E-state index is 8.36. The molecular formula is C71H94N4+4. The molecule has 0 bridgehead atoms. The number of aryl methyl sites for hydroxylation is 13. The molecule has 0 unspecified atom stereocenters.